The zero-order valence-corrected chi connectivity index (χ0v) is 15.6. The normalized spacial score (nSPS) is 16.5. The Morgan fingerprint density at radius 2 is 1.69 bits per heavy atom. The van der Waals surface area contributed by atoms with Gasteiger partial charge in [-0.15, -0.1) is 0 Å². The molecule has 0 bridgehead atoms. The maximum Gasteiger partial charge on any atom is 0.471 e. The van der Waals surface area contributed by atoms with Gasteiger partial charge in [0.15, 0.2) is 0 Å². The summed E-state index contributed by atoms with van der Waals surface area (Å²) in [5.74, 6) is -3.14. The van der Waals surface area contributed by atoms with Crippen molar-refractivity contribution in [2.75, 3.05) is 26.7 Å². The molecule has 1 aromatic carbocycles. The first kappa shape index (κ1) is 23.0. The average Bonchev–Trinajstić information content (AvgIpc) is 2.63. The van der Waals surface area contributed by atoms with Crippen LogP contribution in [0, 0.1) is 0 Å². The zero-order chi connectivity index (χ0) is 21.8. The molecule has 0 atom stereocenters. The van der Waals surface area contributed by atoms with Gasteiger partial charge in [-0.3, -0.25) is 9.59 Å². The van der Waals surface area contributed by atoms with E-state index in [1.54, 1.807) is 0 Å². The predicted octanol–water partition coefficient (Wildman–Crippen LogP) is 2.81. The fraction of sp³-hybridized carbons (Fsp3) is 0.556. The lowest BCUT2D eigenvalue weighted by atomic mass is 10.0. The summed E-state index contributed by atoms with van der Waals surface area (Å²) in [5.41, 5.74) is -1.07. The highest BCUT2D eigenvalue weighted by Crippen LogP contribution is 2.33. The number of benzene rings is 1. The van der Waals surface area contributed by atoms with Crippen molar-refractivity contribution in [2.45, 2.75) is 37.8 Å². The van der Waals surface area contributed by atoms with Crippen molar-refractivity contribution in [3.63, 3.8) is 0 Å². The molecule has 1 saturated heterocycles. The highest BCUT2D eigenvalue weighted by atomic mass is 19.4. The van der Waals surface area contributed by atoms with E-state index in [9.17, 15) is 35.9 Å². The van der Waals surface area contributed by atoms with Gasteiger partial charge in [0, 0.05) is 12.6 Å². The predicted molar refractivity (Wildman–Crippen MR) is 91.6 cm³/mol. The number of carbonyl (C=O) groups excluding carboxylic acids is 2. The monoisotopic (exact) mass is 425 g/mol. The smallest absolute Gasteiger partial charge is 0.339 e. The number of nitrogens with zero attached hydrogens (tertiary/aromatic N) is 2. The van der Waals surface area contributed by atoms with Gasteiger partial charge in [-0.1, -0.05) is 18.2 Å². The van der Waals surface area contributed by atoms with E-state index in [-0.39, 0.29) is 5.56 Å². The molecule has 2 rings (SSSR count). The van der Waals surface area contributed by atoms with Crippen molar-refractivity contribution in [3.05, 3.63) is 35.4 Å². The van der Waals surface area contributed by atoms with Crippen LogP contribution in [-0.2, 0) is 22.3 Å². The summed E-state index contributed by atoms with van der Waals surface area (Å²) in [7, 11) is 1.85. The number of alkyl halides is 6. The summed E-state index contributed by atoms with van der Waals surface area (Å²) in [6.45, 7) is -0.182. The van der Waals surface area contributed by atoms with Crippen molar-refractivity contribution in [3.8, 4) is 0 Å². The summed E-state index contributed by atoms with van der Waals surface area (Å²) in [6.07, 6.45) is -8.86. The molecular weight excluding hydrogens is 404 g/mol. The third kappa shape index (κ3) is 6.34. The van der Waals surface area contributed by atoms with Gasteiger partial charge < -0.3 is 15.1 Å². The van der Waals surface area contributed by atoms with E-state index in [0.29, 0.717) is 25.9 Å². The maximum absolute atomic E-state index is 13.3. The van der Waals surface area contributed by atoms with Crippen LogP contribution in [0.3, 0.4) is 0 Å². The minimum absolute atomic E-state index is 0.158. The first-order chi connectivity index (χ1) is 13.4. The summed E-state index contributed by atoms with van der Waals surface area (Å²) in [4.78, 5) is 26.7. The first-order valence-electron chi connectivity index (χ1n) is 8.87. The van der Waals surface area contributed by atoms with Gasteiger partial charge in [-0.2, -0.15) is 26.3 Å². The minimum Gasteiger partial charge on any atom is -0.339 e. The number of amides is 2. The quantitative estimate of drug-likeness (QED) is 0.739. The van der Waals surface area contributed by atoms with Crippen LogP contribution in [0.25, 0.3) is 0 Å². The van der Waals surface area contributed by atoms with Crippen molar-refractivity contribution in [2.24, 2.45) is 0 Å². The Morgan fingerprint density at radius 1 is 1.10 bits per heavy atom. The Kier molecular flexibility index (Phi) is 7.15. The lowest BCUT2D eigenvalue weighted by Crippen LogP contribution is -2.50. The second-order valence-corrected chi connectivity index (χ2v) is 6.89. The van der Waals surface area contributed by atoms with Crippen LogP contribution in [0.2, 0.25) is 0 Å². The van der Waals surface area contributed by atoms with Gasteiger partial charge in [0.2, 0.25) is 5.91 Å². The van der Waals surface area contributed by atoms with Gasteiger partial charge in [0.25, 0.3) is 0 Å². The van der Waals surface area contributed by atoms with E-state index in [1.165, 1.54) is 23.5 Å². The Morgan fingerprint density at radius 3 is 2.24 bits per heavy atom. The number of halogens is 6. The molecule has 0 radical (unpaired) electrons. The van der Waals surface area contributed by atoms with Crippen LogP contribution in [0.15, 0.2) is 24.3 Å². The summed E-state index contributed by atoms with van der Waals surface area (Å²) >= 11 is 0. The van der Waals surface area contributed by atoms with Gasteiger partial charge >= 0.3 is 18.3 Å². The molecule has 1 aliphatic rings. The number of hydrogen-bond acceptors (Lipinski definition) is 3. The fourth-order valence-electron chi connectivity index (χ4n) is 3.20. The van der Waals surface area contributed by atoms with Crippen molar-refractivity contribution < 1.29 is 35.9 Å². The van der Waals surface area contributed by atoms with Crippen LogP contribution < -0.4 is 5.32 Å². The molecule has 1 aromatic rings. The summed E-state index contributed by atoms with van der Waals surface area (Å²) in [6, 6.07) is 4.29. The van der Waals surface area contributed by atoms with E-state index < -0.39 is 48.9 Å². The Bertz CT molecular complexity index is 727. The molecule has 1 heterocycles. The van der Waals surface area contributed by atoms with Crippen LogP contribution in [0.5, 0.6) is 0 Å². The molecule has 1 N–H and O–H groups in total. The molecule has 2 amide bonds. The molecule has 0 saturated carbocycles. The topological polar surface area (TPSA) is 52.6 Å². The third-order valence-electron chi connectivity index (χ3n) is 4.77. The lowest BCUT2D eigenvalue weighted by molar-refractivity contribution is -0.174. The molecule has 162 valence electrons. The number of carbonyl (C=O) groups is 2. The van der Waals surface area contributed by atoms with Gasteiger partial charge in [0.05, 0.1) is 12.1 Å². The molecule has 11 heteroatoms. The second-order valence-electron chi connectivity index (χ2n) is 6.89. The largest absolute Gasteiger partial charge is 0.471 e. The van der Waals surface area contributed by atoms with E-state index in [2.05, 4.69) is 0 Å². The Labute approximate surface area is 163 Å². The van der Waals surface area contributed by atoms with E-state index in [0.717, 1.165) is 11.0 Å². The van der Waals surface area contributed by atoms with Crippen LogP contribution in [0.4, 0.5) is 26.3 Å². The first-order valence-corrected chi connectivity index (χ1v) is 8.87. The molecule has 0 spiro atoms. The number of rotatable bonds is 5. The second kappa shape index (κ2) is 9.02. The van der Waals surface area contributed by atoms with Crippen molar-refractivity contribution >= 4 is 11.8 Å². The Balaban J connectivity index is 2.22. The summed E-state index contributed by atoms with van der Waals surface area (Å²) < 4.78 is 76.9. The molecule has 1 aliphatic heterocycles. The van der Waals surface area contributed by atoms with Crippen LogP contribution >= 0.6 is 0 Å². The lowest BCUT2D eigenvalue weighted by Gasteiger charge is -2.38. The van der Waals surface area contributed by atoms with Crippen molar-refractivity contribution in [1.82, 2.24) is 15.1 Å². The van der Waals surface area contributed by atoms with Crippen LogP contribution in [0.1, 0.15) is 24.0 Å². The molecule has 5 nitrogen and oxygen atoms in total. The number of likely N-dealkylation sites (tertiary alicyclic amines) is 1. The Hall–Kier alpha value is -2.30. The van der Waals surface area contributed by atoms with Gasteiger partial charge in [-0.05, 0) is 44.6 Å². The van der Waals surface area contributed by atoms with Gasteiger partial charge in [0.1, 0.15) is 0 Å². The molecule has 0 aromatic heterocycles. The molecule has 0 unspecified atom stereocenters. The molecule has 0 aliphatic carbocycles. The SMILES string of the molecule is CN1CCC(N(Cc2ccccc2C(F)(F)F)C(=O)CNC(=O)C(F)(F)F)CC1. The highest BCUT2D eigenvalue weighted by Gasteiger charge is 2.39. The third-order valence-corrected chi connectivity index (χ3v) is 4.77. The van der Waals surface area contributed by atoms with E-state index in [4.69, 9.17) is 0 Å². The number of nitrogens with one attached hydrogen (secondary N) is 1. The van der Waals surface area contributed by atoms with Gasteiger partial charge in [-0.25, -0.2) is 0 Å². The van der Waals surface area contributed by atoms with Crippen LogP contribution in [-0.4, -0.2) is 60.5 Å². The van der Waals surface area contributed by atoms with E-state index >= 15 is 0 Å². The maximum atomic E-state index is 13.3. The molecule has 29 heavy (non-hydrogen) atoms. The average molecular weight is 425 g/mol. The number of hydrogen-bond donors (Lipinski definition) is 1. The van der Waals surface area contributed by atoms with Crippen molar-refractivity contribution in [1.29, 1.82) is 0 Å². The number of piperidine rings is 1. The minimum atomic E-state index is -5.15. The fourth-order valence-corrected chi connectivity index (χ4v) is 3.20. The standard InChI is InChI=1S/C18H21F6N3O2/c1-26-8-6-13(7-9-26)27(15(28)10-25-16(29)18(22,23)24)11-12-4-2-3-5-14(12)17(19,20)21/h2-5,13H,6-11H2,1H3,(H,25,29). The summed E-state index contributed by atoms with van der Waals surface area (Å²) in [5, 5.41) is 1.49. The molecular formula is C18H21F6N3O2. The zero-order valence-electron chi connectivity index (χ0n) is 15.6. The molecule has 1 fully saturated rings. The van der Waals surface area contributed by atoms with E-state index in [1.807, 2.05) is 11.9 Å². The highest BCUT2D eigenvalue weighted by molar-refractivity contribution is 5.87.